The highest BCUT2D eigenvalue weighted by Crippen LogP contribution is 2.16. The molecule has 8 nitrogen and oxygen atoms in total. The van der Waals surface area contributed by atoms with Crippen LogP contribution < -0.4 is 5.32 Å². The van der Waals surface area contributed by atoms with Crippen LogP contribution in [0, 0.1) is 0 Å². The first-order valence-electron chi connectivity index (χ1n) is 5.62. The van der Waals surface area contributed by atoms with E-state index in [4.69, 9.17) is 4.74 Å². The number of aromatic nitrogens is 4. The Morgan fingerprint density at radius 1 is 1.47 bits per heavy atom. The van der Waals surface area contributed by atoms with E-state index in [0.29, 0.717) is 5.56 Å². The van der Waals surface area contributed by atoms with E-state index in [-0.39, 0.29) is 23.9 Å². The van der Waals surface area contributed by atoms with Gasteiger partial charge in [-0.2, -0.15) is 10.2 Å². The molecule has 1 amide bonds. The van der Waals surface area contributed by atoms with Crippen LogP contribution in [0.5, 0.6) is 0 Å². The van der Waals surface area contributed by atoms with Gasteiger partial charge in [-0.05, 0) is 6.92 Å². The maximum Gasteiger partial charge on any atom is 0.343 e. The zero-order valence-corrected chi connectivity index (χ0v) is 10.5. The third kappa shape index (κ3) is 2.62. The molecule has 2 aromatic heterocycles. The Hall–Kier alpha value is -2.64. The van der Waals surface area contributed by atoms with Gasteiger partial charge in [0.05, 0.1) is 24.6 Å². The molecule has 100 valence electrons. The maximum absolute atomic E-state index is 11.9. The zero-order valence-electron chi connectivity index (χ0n) is 10.5. The Kier molecular flexibility index (Phi) is 3.60. The number of hydrogen-bond donors (Lipinski definition) is 2. The number of carbonyl (C=O) groups excluding carboxylic acids is 2. The number of aryl methyl sites for hydroxylation is 1. The standard InChI is InChI=1S/C11H13N5O3/c1-3-19-11(18)8-6-14-16(2)9(8)15-10(17)7-4-12-13-5-7/h4-6H,3H2,1-2H3,(H,12,13)(H,15,17). The van der Waals surface area contributed by atoms with Crippen molar-refractivity contribution in [2.75, 3.05) is 11.9 Å². The van der Waals surface area contributed by atoms with Crippen molar-refractivity contribution in [3.05, 3.63) is 29.7 Å². The second kappa shape index (κ2) is 5.34. The second-order valence-electron chi connectivity index (χ2n) is 3.69. The predicted octanol–water partition coefficient (Wildman–Crippen LogP) is 0.572. The Morgan fingerprint density at radius 3 is 2.89 bits per heavy atom. The lowest BCUT2D eigenvalue weighted by molar-refractivity contribution is 0.0527. The summed E-state index contributed by atoms with van der Waals surface area (Å²) < 4.78 is 6.29. The summed E-state index contributed by atoms with van der Waals surface area (Å²) in [6.07, 6.45) is 4.19. The first-order chi connectivity index (χ1) is 9.13. The Morgan fingerprint density at radius 2 is 2.26 bits per heavy atom. The molecule has 0 unspecified atom stereocenters. The summed E-state index contributed by atoms with van der Waals surface area (Å²) in [5, 5.41) is 12.8. The van der Waals surface area contributed by atoms with Crippen LogP contribution in [0.25, 0.3) is 0 Å². The first-order valence-corrected chi connectivity index (χ1v) is 5.62. The van der Waals surface area contributed by atoms with Gasteiger partial charge in [0.25, 0.3) is 5.91 Å². The molecule has 0 saturated heterocycles. The number of aromatic amines is 1. The summed E-state index contributed by atoms with van der Waals surface area (Å²) in [6.45, 7) is 1.96. The first kappa shape index (κ1) is 12.8. The average molecular weight is 263 g/mol. The number of nitrogens with zero attached hydrogens (tertiary/aromatic N) is 3. The number of carbonyl (C=O) groups is 2. The van der Waals surface area contributed by atoms with Gasteiger partial charge < -0.3 is 10.1 Å². The van der Waals surface area contributed by atoms with Crippen LogP contribution in [0.4, 0.5) is 5.82 Å². The van der Waals surface area contributed by atoms with Crippen LogP contribution in [0.2, 0.25) is 0 Å². The monoisotopic (exact) mass is 263 g/mol. The molecule has 0 aliphatic rings. The SMILES string of the molecule is CCOC(=O)c1cnn(C)c1NC(=O)c1cn[nH]c1. The minimum atomic E-state index is -0.530. The number of ether oxygens (including phenoxy) is 1. The molecule has 0 fully saturated rings. The third-order valence-corrected chi connectivity index (χ3v) is 2.43. The Bertz CT molecular complexity index is 588. The number of H-pyrrole nitrogens is 1. The van der Waals surface area contributed by atoms with Crippen LogP contribution in [-0.4, -0.2) is 38.5 Å². The molecular formula is C11H13N5O3. The fourth-order valence-electron chi connectivity index (χ4n) is 1.50. The fourth-order valence-corrected chi connectivity index (χ4v) is 1.50. The van der Waals surface area contributed by atoms with E-state index >= 15 is 0 Å². The molecule has 0 aliphatic carbocycles. The van der Waals surface area contributed by atoms with E-state index in [1.165, 1.54) is 23.3 Å². The average Bonchev–Trinajstić information content (AvgIpc) is 3.01. The smallest absolute Gasteiger partial charge is 0.343 e. The molecule has 0 aromatic carbocycles. The fraction of sp³-hybridized carbons (Fsp3) is 0.273. The normalized spacial score (nSPS) is 10.2. The highest BCUT2D eigenvalue weighted by atomic mass is 16.5. The molecule has 2 rings (SSSR count). The zero-order chi connectivity index (χ0) is 13.8. The van der Waals surface area contributed by atoms with Gasteiger partial charge in [0.2, 0.25) is 0 Å². The van der Waals surface area contributed by atoms with Crippen molar-refractivity contribution in [2.24, 2.45) is 7.05 Å². The van der Waals surface area contributed by atoms with Gasteiger partial charge in [-0.3, -0.25) is 14.6 Å². The molecular weight excluding hydrogens is 250 g/mol. The van der Waals surface area contributed by atoms with Crippen LogP contribution in [0.3, 0.4) is 0 Å². The molecule has 2 heterocycles. The second-order valence-corrected chi connectivity index (χ2v) is 3.69. The number of rotatable bonds is 4. The summed E-state index contributed by atoms with van der Waals surface area (Å²) in [5.41, 5.74) is 0.567. The van der Waals surface area contributed by atoms with E-state index in [2.05, 4.69) is 20.6 Å². The van der Waals surface area contributed by atoms with Crippen molar-refractivity contribution in [1.82, 2.24) is 20.0 Å². The summed E-state index contributed by atoms with van der Waals surface area (Å²) in [7, 11) is 1.62. The minimum Gasteiger partial charge on any atom is -0.462 e. The molecule has 2 N–H and O–H groups in total. The van der Waals surface area contributed by atoms with Crippen molar-refractivity contribution in [3.8, 4) is 0 Å². The number of amides is 1. The molecule has 0 saturated carbocycles. The summed E-state index contributed by atoms with van der Waals surface area (Å²) in [6, 6.07) is 0. The Labute approximate surface area is 108 Å². The summed E-state index contributed by atoms with van der Waals surface area (Å²) in [4.78, 5) is 23.6. The molecule has 8 heteroatoms. The molecule has 0 aliphatic heterocycles. The predicted molar refractivity (Wildman–Crippen MR) is 65.7 cm³/mol. The van der Waals surface area contributed by atoms with Gasteiger partial charge in [0.15, 0.2) is 0 Å². The number of esters is 1. The van der Waals surface area contributed by atoms with Crippen LogP contribution in [-0.2, 0) is 11.8 Å². The summed E-state index contributed by atoms with van der Waals surface area (Å²) in [5.74, 6) is -0.634. The van der Waals surface area contributed by atoms with Crippen molar-refractivity contribution in [1.29, 1.82) is 0 Å². The lowest BCUT2D eigenvalue weighted by Gasteiger charge is -2.06. The van der Waals surface area contributed by atoms with Gasteiger partial charge in [0, 0.05) is 13.2 Å². The van der Waals surface area contributed by atoms with Gasteiger partial charge >= 0.3 is 5.97 Å². The van der Waals surface area contributed by atoms with Crippen LogP contribution >= 0.6 is 0 Å². The van der Waals surface area contributed by atoms with Crippen LogP contribution in [0.1, 0.15) is 27.6 Å². The van der Waals surface area contributed by atoms with Gasteiger partial charge in [-0.1, -0.05) is 0 Å². The highest BCUT2D eigenvalue weighted by molar-refractivity contribution is 6.06. The van der Waals surface area contributed by atoms with E-state index in [1.54, 1.807) is 14.0 Å². The Balaban J connectivity index is 2.22. The molecule has 0 atom stereocenters. The van der Waals surface area contributed by atoms with Crippen molar-refractivity contribution in [3.63, 3.8) is 0 Å². The minimum absolute atomic E-state index is 0.209. The molecule has 19 heavy (non-hydrogen) atoms. The van der Waals surface area contributed by atoms with Gasteiger partial charge in [-0.15, -0.1) is 0 Å². The third-order valence-electron chi connectivity index (χ3n) is 2.43. The largest absolute Gasteiger partial charge is 0.462 e. The van der Waals surface area contributed by atoms with Gasteiger partial charge in [0.1, 0.15) is 11.4 Å². The van der Waals surface area contributed by atoms with Gasteiger partial charge in [-0.25, -0.2) is 4.79 Å². The number of anilines is 1. The highest BCUT2D eigenvalue weighted by Gasteiger charge is 2.19. The quantitative estimate of drug-likeness (QED) is 0.785. The van der Waals surface area contributed by atoms with Crippen molar-refractivity contribution >= 4 is 17.7 Å². The molecule has 0 radical (unpaired) electrons. The van der Waals surface area contributed by atoms with Crippen molar-refractivity contribution < 1.29 is 14.3 Å². The van der Waals surface area contributed by atoms with E-state index < -0.39 is 5.97 Å². The van der Waals surface area contributed by atoms with Crippen LogP contribution in [0.15, 0.2) is 18.6 Å². The molecule has 0 spiro atoms. The topological polar surface area (TPSA) is 102 Å². The number of nitrogens with one attached hydrogen (secondary N) is 2. The lowest BCUT2D eigenvalue weighted by Crippen LogP contribution is -2.17. The number of hydrogen-bond acceptors (Lipinski definition) is 5. The lowest BCUT2D eigenvalue weighted by atomic mass is 10.3. The molecule has 0 bridgehead atoms. The van der Waals surface area contributed by atoms with E-state index in [1.807, 2.05) is 0 Å². The van der Waals surface area contributed by atoms with E-state index in [9.17, 15) is 9.59 Å². The van der Waals surface area contributed by atoms with E-state index in [0.717, 1.165) is 0 Å². The molecule has 2 aromatic rings. The van der Waals surface area contributed by atoms with Crippen molar-refractivity contribution in [2.45, 2.75) is 6.92 Å². The maximum atomic E-state index is 11.9. The summed E-state index contributed by atoms with van der Waals surface area (Å²) >= 11 is 0.